The van der Waals surface area contributed by atoms with Crippen molar-refractivity contribution in [3.8, 4) is 16.9 Å². The monoisotopic (exact) mass is 401 g/mol. The molecule has 3 heterocycles. The molecule has 0 atom stereocenters. The highest BCUT2D eigenvalue weighted by Gasteiger charge is 2.20. The summed E-state index contributed by atoms with van der Waals surface area (Å²) in [7, 11) is 0. The number of aromatic nitrogens is 5. The van der Waals surface area contributed by atoms with Crippen LogP contribution in [0, 0.1) is 10.1 Å². The van der Waals surface area contributed by atoms with Gasteiger partial charge in [0.05, 0.1) is 16.8 Å². The Labute approximate surface area is 170 Å². The van der Waals surface area contributed by atoms with Crippen LogP contribution < -0.4 is 11.2 Å². The number of nitrogens with one attached hydrogen (secondary N) is 1. The minimum atomic E-state index is -0.665. The van der Waals surface area contributed by atoms with Crippen molar-refractivity contribution in [2.75, 3.05) is 11.2 Å². The number of pyridine rings is 1. The van der Waals surface area contributed by atoms with Gasteiger partial charge in [-0.05, 0) is 24.3 Å². The van der Waals surface area contributed by atoms with Crippen LogP contribution in [0.1, 0.15) is 5.56 Å². The lowest BCUT2D eigenvalue weighted by atomic mass is 10.1. The Morgan fingerprint density at radius 2 is 2.00 bits per heavy atom. The molecule has 0 aliphatic heterocycles. The van der Waals surface area contributed by atoms with Crippen LogP contribution in [0.2, 0.25) is 0 Å². The Bertz CT molecular complexity index is 1210. The first-order valence-corrected chi connectivity index (χ1v) is 8.73. The van der Waals surface area contributed by atoms with Gasteiger partial charge in [-0.25, -0.2) is 14.6 Å². The lowest BCUT2D eigenvalue weighted by Crippen LogP contribution is -2.04. The summed E-state index contributed by atoms with van der Waals surface area (Å²) in [5.74, 6) is -0.359. The average molecular weight is 401 g/mol. The number of nitrogens with two attached hydrogens (primary N) is 1. The minimum Gasteiger partial charge on any atom is -0.378 e. The van der Waals surface area contributed by atoms with E-state index in [1.807, 2.05) is 42.5 Å². The van der Waals surface area contributed by atoms with E-state index >= 15 is 0 Å². The first-order valence-electron chi connectivity index (χ1n) is 8.73. The zero-order valence-electron chi connectivity index (χ0n) is 15.5. The molecule has 3 aromatic heterocycles. The number of para-hydroxylation sites is 1. The summed E-state index contributed by atoms with van der Waals surface area (Å²) in [6.45, 7) is 0. The van der Waals surface area contributed by atoms with Crippen LogP contribution in [0.4, 0.5) is 17.3 Å². The summed E-state index contributed by atoms with van der Waals surface area (Å²) >= 11 is 0. The van der Waals surface area contributed by atoms with Gasteiger partial charge in [0.15, 0.2) is 0 Å². The van der Waals surface area contributed by atoms with E-state index in [-0.39, 0.29) is 11.6 Å². The van der Waals surface area contributed by atoms with Gasteiger partial charge < -0.3 is 5.73 Å². The summed E-state index contributed by atoms with van der Waals surface area (Å²) in [6, 6.07) is 13.3. The Balaban J connectivity index is 1.69. The molecule has 148 valence electrons. The van der Waals surface area contributed by atoms with Crippen LogP contribution in [-0.4, -0.2) is 35.9 Å². The van der Waals surface area contributed by atoms with Gasteiger partial charge in [0.2, 0.25) is 11.6 Å². The van der Waals surface area contributed by atoms with Crippen LogP contribution >= 0.6 is 0 Å². The maximum absolute atomic E-state index is 11.2. The molecule has 11 nitrogen and oxygen atoms in total. The molecule has 0 aliphatic rings. The van der Waals surface area contributed by atoms with Gasteiger partial charge in [-0.3, -0.25) is 20.5 Å². The SMILES string of the molecule is Nc1ncnc(NN=Cc2cn(-c3ccccc3)nc2-c2cccnc2)c1[N+](=O)[O-]. The van der Waals surface area contributed by atoms with Crippen molar-refractivity contribution in [3.05, 3.63) is 83.1 Å². The van der Waals surface area contributed by atoms with Crippen molar-refractivity contribution in [2.24, 2.45) is 5.10 Å². The topological polar surface area (TPSA) is 150 Å². The Kier molecular flexibility index (Phi) is 5.07. The van der Waals surface area contributed by atoms with E-state index in [0.717, 1.165) is 17.6 Å². The summed E-state index contributed by atoms with van der Waals surface area (Å²) in [6.07, 6.45) is 7.78. The van der Waals surface area contributed by atoms with Crippen LogP contribution in [0.3, 0.4) is 0 Å². The zero-order valence-corrected chi connectivity index (χ0v) is 15.5. The van der Waals surface area contributed by atoms with Crippen molar-refractivity contribution < 1.29 is 4.92 Å². The Hall–Kier alpha value is -4.67. The predicted molar refractivity (Wildman–Crippen MR) is 111 cm³/mol. The van der Waals surface area contributed by atoms with Crippen LogP contribution in [-0.2, 0) is 0 Å². The molecule has 0 saturated carbocycles. The average Bonchev–Trinajstić information content (AvgIpc) is 3.19. The zero-order chi connectivity index (χ0) is 20.9. The van der Waals surface area contributed by atoms with E-state index in [4.69, 9.17) is 5.73 Å². The highest BCUT2D eigenvalue weighted by atomic mass is 16.6. The number of hydrazone groups is 1. The summed E-state index contributed by atoms with van der Waals surface area (Å²) in [4.78, 5) is 22.1. The number of nitro groups is 1. The maximum atomic E-state index is 11.2. The number of rotatable bonds is 6. The molecule has 0 radical (unpaired) electrons. The third-order valence-corrected chi connectivity index (χ3v) is 4.11. The highest BCUT2D eigenvalue weighted by molar-refractivity contribution is 5.89. The van der Waals surface area contributed by atoms with Gasteiger partial charge in [-0.15, -0.1) is 0 Å². The van der Waals surface area contributed by atoms with E-state index in [2.05, 4.69) is 30.6 Å². The third kappa shape index (κ3) is 3.80. The van der Waals surface area contributed by atoms with E-state index in [1.165, 1.54) is 6.21 Å². The van der Waals surface area contributed by atoms with E-state index < -0.39 is 10.6 Å². The van der Waals surface area contributed by atoms with Crippen LogP contribution in [0.15, 0.2) is 72.5 Å². The van der Waals surface area contributed by atoms with Gasteiger partial charge >= 0.3 is 5.69 Å². The van der Waals surface area contributed by atoms with Crippen LogP contribution in [0.25, 0.3) is 16.9 Å². The molecule has 0 amide bonds. The molecule has 0 aliphatic carbocycles. The first-order chi connectivity index (χ1) is 14.6. The fourth-order valence-electron chi connectivity index (χ4n) is 2.74. The Morgan fingerprint density at radius 1 is 1.17 bits per heavy atom. The maximum Gasteiger partial charge on any atom is 0.354 e. The first kappa shape index (κ1) is 18.7. The second-order valence-electron chi connectivity index (χ2n) is 6.04. The number of hydrogen-bond acceptors (Lipinski definition) is 9. The molecule has 0 unspecified atom stereocenters. The molecule has 0 saturated heterocycles. The highest BCUT2D eigenvalue weighted by Crippen LogP contribution is 2.26. The fourth-order valence-corrected chi connectivity index (χ4v) is 2.74. The van der Waals surface area contributed by atoms with E-state index in [1.54, 1.807) is 23.3 Å². The summed E-state index contributed by atoms with van der Waals surface area (Å²) in [5.41, 5.74) is 10.7. The molecule has 3 N–H and O–H groups in total. The normalized spacial score (nSPS) is 10.9. The number of hydrogen-bond donors (Lipinski definition) is 2. The quantitative estimate of drug-likeness (QED) is 0.284. The lowest BCUT2D eigenvalue weighted by Gasteiger charge is -2.02. The second kappa shape index (κ2) is 8.14. The van der Waals surface area contributed by atoms with Crippen molar-refractivity contribution in [2.45, 2.75) is 0 Å². The standard InChI is InChI=1S/C19H15N9O2/c20-18-17(28(29)30)19(23-12-22-18)25-24-10-14-11-27(15-6-2-1-3-7-15)26-16(14)13-5-4-8-21-9-13/h1-12H,(H3,20,22,23,25). The summed E-state index contributed by atoms with van der Waals surface area (Å²) in [5, 5.41) is 19.9. The number of nitrogen functional groups attached to an aromatic ring is 1. The predicted octanol–water partition coefficient (Wildman–Crippen LogP) is 2.66. The van der Waals surface area contributed by atoms with E-state index in [0.29, 0.717) is 11.3 Å². The van der Waals surface area contributed by atoms with Gasteiger partial charge in [0, 0.05) is 29.7 Å². The van der Waals surface area contributed by atoms with Crippen molar-refractivity contribution in [1.82, 2.24) is 24.7 Å². The van der Waals surface area contributed by atoms with Gasteiger partial charge in [-0.2, -0.15) is 10.2 Å². The van der Waals surface area contributed by atoms with Crippen molar-refractivity contribution in [3.63, 3.8) is 0 Å². The molecule has 11 heteroatoms. The molecule has 0 bridgehead atoms. The molecule has 1 aromatic carbocycles. The molecule has 0 spiro atoms. The molecular formula is C19H15N9O2. The molecule has 4 rings (SSSR count). The molecule has 4 aromatic rings. The van der Waals surface area contributed by atoms with Crippen molar-refractivity contribution >= 4 is 23.5 Å². The third-order valence-electron chi connectivity index (χ3n) is 4.11. The fraction of sp³-hybridized carbons (Fsp3) is 0. The summed E-state index contributed by atoms with van der Waals surface area (Å²) < 4.78 is 1.72. The van der Waals surface area contributed by atoms with Crippen molar-refractivity contribution in [1.29, 1.82) is 0 Å². The van der Waals surface area contributed by atoms with Gasteiger partial charge in [-0.1, -0.05) is 18.2 Å². The van der Waals surface area contributed by atoms with Gasteiger partial charge in [0.25, 0.3) is 0 Å². The number of nitrogens with zero attached hydrogens (tertiary/aromatic N) is 7. The molecule has 30 heavy (non-hydrogen) atoms. The molecular weight excluding hydrogens is 386 g/mol. The lowest BCUT2D eigenvalue weighted by molar-refractivity contribution is -0.383. The smallest absolute Gasteiger partial charge is 0.354 e. The minimum absolute atomic E-state index is 0.109. The second-order valence-corrected chi connectivity index (χ2v) is 6.04. The number of anilines is 2. The van der Waals surface area contributed by atoms with E-state index in [9.17, 15) is 10.1 Å². The van der Waals surface area contributed by atoms with Gasteiger partial charge in [0.1, 0.15) is 12.0 Å². The Morgan fingerprint density at radius 3 is 2.73 bits per heavy atom. The molecule has 0 fully saturated rings. The van der Waals surface area contributed by atoms with Crippen LogP contribution in [0.5, 0.6) is 0 Å². The largest absolute Gasteiger partial charge is 0.378 e. The number of benzene rings is 1.